The van der Waals surface area contributed by atoms with Crippen LogP contribution in [0.2, 0.25) is 0 Å². The SMILES string of the molecule is N#CCCN1CCC(C(=O)N2CCCCCC2)CC1. The molecule has 2 heterocycles. The van der Waals surface area contributed by atoms with Gasteiger partial charge < -0.3 is 9.80 Å². The van der Waals surface area contributed by atoms with Gasteiger partial charge in [-0.1, -0.05) is 12.8 Å². The average Bonchev–Trinajstić information content (AvgIpc) is 2.74. The number of likely N-dealkylation sites (tertiary alicyclic amines) is 2. The summed E-state index contributed by atoms with van der Waals surface area (Å²) in [4.78, 5) is 16.9. The van der Waals surface area contributed by atoms with Crippen molar-refractivity contribution in [3.05, 3.63) is 0 Å². The van der Waals surface area contributed by atoms with Crippen molar-refractivity contribution in [3.63, 3.8) is 0 Å². The number of amides is 1. The van der Waals surface area contributed by atoms with E-state index in [1.165, 1.54) is 25.7 Å². The molecule has 0 saturated carbocycles. The standard InChI is InChI=1S/C15H25N3O/c16-8-5-9-17-12-6-14(7-13-17)15(19)18-10-3-1-2-4-11-18/h14H,1-7,9-13H2. The normalized spacial score (nSPS) is 22.8. The summed E-state index contributed by atoms with van der Waals surface area (Å²) in [7, 11) is 0. The van der Waals surface area contributed by atoms with Crippen LogP contribution in [0.15, 0.2) is 0 Å². The number of carbonyl (C=O) groups excluding carboxylic acids is 1. The molecule has 2 saturated heterocycles. The minimum absolute atomic E-state index is 0.233. The summed E-state index contributed by atoms with van der Waals surface area (Å²) in [6.07, 6.45) is 7.44. The van der Waals surface area contributed by atoms with Crippen LogP contribution in [0.25, 0.3) is 0 Å². The van der Waals surface area contributed by atoms with E-state index in [-0.39, 0.29) is 5.92 Å². The highest BCUT2D eigenvalue weighted by molar-refractivity contribution is 5.79. The molecule has 0 aliphatic carbocycles. The number of rotatable bonds is 3. The molecule has 0 atom stereocenters. The van der Waals surface area contributed by atoms with E-state index in [1.54, 1.807) is 0 Å². The molecule has 0 unspecified atom stereocenters. The third-order valence-electron chi connectivity index (χ3n) is 4.39. The molecule has 2 fully saturated rings. The minimum Gasteiger partial charge on any atom is -0.342 e. The summed E-state index contributed by atoms with van der Waals surface area (Å²) in [5.74, 6) is 0.623. The average molecular weight is 263 g/mol. The maximum Gasteiger partial charge on any atom is 0.225 e. The molecule has 0 N–H and O–H groups in total. The molecule has 0 aromatic heterocycles. The summed E-state index contributed by atoms with van der Waals surface area (Å²) >= 11 is 0. The van der Waals surface area contributed by atoms with Gasteiger partial charge in [-0.05, 0) is 38.8 Å². The smallest absolute Gasteiger partial charge is 0.225 e. The Bertz CT molecular complexity index is 321. The lowest BCUT2D eigenvalue weighted by molar-refractivity contribution is -0.137. The van der Waals surface area contributed by atoms with Crippen LogP contribution in [0.4, 0.5) is 0 Å². The Morgan fingerprint density at radius 2 is 1.68 bits per heavy atom. The van der Waals surface area contributed by atoms with Gasteiger partial charge in [0.25, 0.3) is 0 Å². The molecule has 0 radical (unpaired) electrons. The Morgan fingerprint density at radius 3 is 2.26 bits per heavy atom. The molecule has 1 amide bonds. The molecule has 4 heteroatoms. The highest BCUT2D eigenvalue weighted by atomic mass is 16.2. The molecule has 19 heavy (non-hydrogen) atoms. The Labute approximate surface area is 116 Å². The number of hydrogen-bond acceptors (Lipinski definition) is 3. The van der Waals surface area contributed by atoms with Crippen molar-refractivity contribution in [1.29, 1.82) is 5.26 Å². The lowest BCUT2D eigenvalue weighted by Crippen LogP contribution is -2.43. The second-order valence-corrected chi connectivity index (χ2v) is 5.76. The fourth-order valence-electron chi connectivity index (χ4n) is 3.16. The number of piperidine rings is 1. The first-order valence-corrected chi connectivity index (χ1v) is 7.69. The van der Waals surface area contributed by atoms with E-state index >= 15 is 0 Å². The Balaban J connectivity index is 1.77. The third-order valence-corrected chi connectivity index (χ3v) is 4.39. The molecular formula is C15H25N3O. The first kappa shape index (κ1) is 14.3. The first-order valence-electron chi connectivity index (χ1n) is 7.69. The predicted molar refractivity (Wildman–Crippen MR) is 74.4 cm³/mol. The molecule has 0 aromatic carbocycles. The van der Waals surface area contributed by atoms with Crippen molar-refractivity contribution >= 4 is 5.91 Å². The van der Waals surface area contributed by atoms with Crippen molar-refractivity contribution in [2.45, 2.75) is 44.9 Å². The number of nitrogens with zero attached hydrogens (tertiary/aromatic N) is 3. The summed E-state index contributed by atoms with van der Waals surface area (Å²) < 4.78 is 0. The third kappa shape index (κ3) is 4.21. The second kappa shape index (κ2) is 7.49. The lowest BCUT2D eigenvalue weighted by Gasteiger charge is -2.33. The zero-order valence-corrected chi connectivity index (χ0v) is 11.8. The highest BCUT2D eigenvalue weighted by Crippen LogP contribution is 2.21. The van der Waals surface area contributed by atoms with Crippen molar-refractivity contribution in [2.75, 3.05) is 32.7 Å². The van der Waals surface area contributed by atoms with E-state index in [2.05, 4.69) is 15.9 Å². The van der Waals surface area contributed by atoms with Gasteiger partial charge in [-0.15, -0.1) is 0 Å². The largest absolute Gasteiger partial charge is 0.342 e. The summed E-state index contributed by atoms with van der Waals surface area (Å²) in [5, 5.41) is 8.60. The van der Waals surface area contributed by atoms with Crippen LogP contribution in [0.1, 0.15) is 44.9 Å². The fraction of sp³-hybridized carbons (Fsp3) is 0.867. The van der Waals surface area contributed by atoms with Crippen LogP contribution >= 0.6 is 0 Å². The van der Waals surface area contributed by atoms with Crippen LogP contribution in [0.3, 0.4) is 0 Å². The van der Waals surface area contributed by atoms with Gasteiger partial charge in [-0.25, -0.2) is 0 Å². The second-order valence-electron chi connectivity index (χ2n) is 5.76. The molecule has 2 aliphatic heterocycles. The summed E-state index contributed by atoms with van der Waals surface area (Å²) in [6.45, 7) is 4.75. The number of nitriles is 1. The molecule has 2 aliphatic rings. The summed E-state index contributed by atoms with van der Waals surface area (Å²) in [6, 6.07) is 2.19. The first-order chi connectivity index (χ1) is 9.31. The van der Waals surface area contributed by atoms with Crippen molar-refractivity contribution in [3.8, 4) is 6.07 Å². The maximum atomic E-state index is 12.5. The van der Waals surface area contributed by atoms with E-state index in [1.807, 2.05) is 0 Å². The van der Waals surface area contributed by atoms with Gasteiger partial charge in [0.1, 0.15) is 0 Å². The van der Waals surface area contributed by atoms with E-state index in [9.17, 15) is 4.79 Å². The lowest BCUT2D eigenvalue weighted by atomic mass is 9.95. The molecule has 0 spiro atoms. The topological polar surface area (TPSA) is 47.3 Å². The highest BCUT2D eigenvalue weighted by Gasteiger charge is 2.28. The number of carbonyl (C=O) groups is 1. The summed E-state index contributed by atoms with van der Waals surface area (Å²) in [5.41, 5.74) is 0. The number of hydrogen-bond donors (Lipinski definition) is 0. The molecule has 106 valence electrons. The van der Waals surface area contributed by atoms with Gasteiger partial charge in [-0.2, -0.15) is 5.26 Å². The minimum atomic E-state index is 0.233. The van der Waals surface area contributed by atoms with E-state index in [0.717, 1.165) is 45.6 Å². The molecule has 2 rings (SSSR count). The van der Waals surface area contributed by atoms with Gasteiger partial charge in [-0.3, -0.25) is 4.79 Å². The van der Waals surface area contributed by atoms with Crippen molar-refractivity contribution < 1.29 is 4.79 Å². The molecular weight excluding hydrogens is 238 g/mol. The zero-order valence-electron chi connectivity index (χ0n) is 11.8. The maximum absolute atomic E-state index is 12.5. The zero-order chi connectivity index (χ0) is 13.5. The van der Waals surface area contributed by atoms with Gasteiger partial charge in [0.15, 0.2) is 0 Å². The molecule has 0 aromatic rings. The van der Waals surface area contributed by atoms with E-state index in [4.69, 9.17) is 5.26 Å². The fourth-order valence-corrected chi connectivity index (χ4v) is 3.16. The van der Waals surface area contributed by atoms with Crippen LogP contribution in [0, 0.1) is 17.2 Å². The quantitative estimate of drug-likeness (QED) is 0.782. The van der Waals surface area contributed by atoms with Crippen LogP contribution in [-0.4, -0.2) is 48.4 Å². The Morgan fingerprint density at radius 1 is 1.05 bits per heavy atom. The van der Waals surface area contributed by atoms with Gasteiger partial charge in [0, 0.05) is 32.0 Å². The van der Waals surface area contributed by atoms with Crippen molar-refractivity contribution in [1.82, 2.24) is 9.80 Å². The van der Waals surface area contributed by atoms with Crippen LogP contribution in [-0.2, 0) is 4.79 Å². The van der Waals surface area contributed by atoms with Gasteiger partial charge in [0.2, 0.25) is 5.91 Å². The Hall–Kier alpha value is -1.08. The van der Waals surface area contributed by atoms with E-state index in [0.29, 0.717) is 12.3 Å². The Kier molecular flexibility index (Phi) is 5.65. The molecule has 4 nitrogen and oxygen atoms in total. The van der Waals surface area contributed by atoms with Crippen LogP contribution in [0.5, 0.6) is 0 Å². The van der Waals surface area contributed by atoms with E-state index < -0.39 is 0 Å². The van der Waals surface area contributed by atoms with Gasteiger partial charge >= 0.3 is 0 Å². The van der Waals surface area contributed by atoms with Crippen molar-refractivity contribution in [2.24, 2.45) is 5.92 Å². The van der Waals surface area contributed by atoms with Gasteiger partial charge in [0.05, 0.1) is 6.07 Å². The molecule has 0 bridgehead atoms. The van der Waals surface area contributed by atoms with Crippen LogP contribution < -0.4 is 0 Å². The predicted octanol–water partition coefficient (Wildman–Crippen LogP) is 2.01. The monoisotopic (exact) mass is 263 g/mol.